The minimum atomic E-state index is -3.17. The lowest BCUT2D eigenvalue weighted by Crippen LogP contribution is -2.31. The number of rotatable bonds is 5. The molecule has 0 bridgehead atoms. The molecule has 8 heteroatoms. The summed E-state index contributed by atoms with van der Waals surface area (Å²) >= 11 is 1.63. The Morgan fingerprint density at radius 1 is 1.36 bits per heavy atom. The highest BCUT2D eigenvalue weighted by Gasteiger charge is 2.34. The minimum Gasteiger partial charge on any atom is -0.304 e. The summed E-state index contributed by atoms with van der Waals surface area (Å²) in [6, 6.07) is 5.93. The van der Waals surface area contributed by atoms with Crippen LogP contribution in [-0.4, -0.2) is 46.1 Å². The van der Waals surface area contributed by atoms with Gasteiger partial charge in [0.2, 0.25) is 10.0 Å². The molecule has 4 rings (SSSR count). The molecule has 4 heterocycles. The molecule has 0 saturated carbocycles. The maximum atomic E-state index is 12.4. The van der Waals surface area contributed by atoms with Crippen molar-refractivity contribution in [2.24, 2.45) is 0 Å². The summed E-state index contributed by atoms with van der Waals surface area (Å²) < 4.78 is 28.6. The van der Waals surface area contributed by atoms with E-state index in [4.69, 9.17) is 4.98 Å². The predicted octanol–water partition coefficient (Wildman–Crippen LogP) is 3.15. The minimum absolute atomic E-state index is 0.0569. The Labute approximate surface area is 151 Å². The number of hydrogen-bond acceptors (Lipinski definition) is 5. The molecule has 1 fully saturated rings. The second-order valence-corrected chi connectivity index (χ2v) is 9.15. The Hall–Kier alpha value is -1.77. The van der Waals surface area contributed by atoms with Crippen LogP contribution in [0.15, 0.2) is 35.2 Å². The van der Waals surface area contributed by atoms with Crippen LogP contribution in [0.5, 0.6) is 0 Å². The predicted molar refractivity (Wildman–Crippen MR) is 100 cm³/mol. The van der Waals surface area contributed by atoms with E-state index in [2.05, 4.69) is 14.9 Å². The van der Waals surface area contributed by atoms with E-state index < -0.39 is 10.0 Å². The smallest absolute Gasteiger partial charge is 0.214 e. The average molecular weight is 377 g/mol. The highest BCUT2D eigenvalue weighted by molar-refractivity contribution is 7.89. The Morgan fingerprint density at radius 2 is 2.24 bits per heavy atom. The standard InChI is InChI=1S/C17H20N4O2S2/c1-2-10-25(22,23)20-8-5-14(11-20)21-16(13-6-9-24-12-13)19-15-4-3-7-18-17(15)21/h3-4,6-7,9,12,14H,2,5,8,10-11H2,1H3/t14-/m1/s1. The van der Waals surface area contributed by atoms with E-state index in [1.807, 2.05) is 30.5 Å². The van der Waals surface area contributed by atoms with Crippen molar-refractivity contribution in [2.45, 2.75) is 25.8 Å². The van der Waals surface area contributed by atoms with Gasteiger partial charge in [0, 0.05) is 30.2 Å². The first kappa shape index (κ1) is 16.7. The van der Waals surface area contributed by atoms with Gasteiger partial charge in [0.25, 0.3) is 0 Å². The second-order valence-electron chi connectivity index (χ2n) is 6.28. The van der Waals surface area contributed by atoms with Gasteiger partial charge >= 0.3 is 0 Å². The third kappa shape index (κ3) is 2.98. The number of pyridine rings is 1. The van der Waals surface area contributed by atoms with Crippen molar-refractivity contribution in [3.8, 4) is 11.4 Å². The summed E-state index contributed by atoms with van der Waals surface area (Å²) in [6.07, 6.45) is 3.18. The first-order chi connectivity index (χ1) is 12.1. The number of thiophene rings is 1. The van der Waals surface area contributed by atoms with Gasteiger partial charge in [-0.1, -0.05) is 6.92 Å². The molecule has 1 aliphatic heterocycles. The van der Waals surface area contributed by atoms with Gasteiger partial charge in [0.05, 0.1) is 11.8 Å². The van der Waals surface area contributed by atoms with E-state index in [1.165, 1.54) is 0 Å². The van der Waals surface area contributed by atoms with Crippen LogP contribution in [0.3, 0.4) is 0 Å². The normalized spacial score (nSPS) is 19.0. The largest absolute Gasteiger partial charge is 0.304 e. The number of fused-ring (bicyclic) bond motifs is 1. The monoisotopic (exact) mass is 376 g/mol. The average Bonchev–Trinajstić information content (AvgIpc) is 3.32. The highest BCUT2D eigenvalue weighted by atomic mass is 32.2. The van der Waals surface area contributed by atoms with Gasteiger partial charge in [-0.3, -0.25) is 0 Å². The van der Waals surface area contributed by atoms with Crippen LogP contribution in [-0.2, 0) is 10.0 Å². The fourth-order valence-electron chi connectivity index (χ4n) is 3.43. The molecule has 0 unspecified atom stereocenters. The lowest BCUT2D eigenvalue weighted by atomic mass is 10.2. The summed E-state index contributed by atoms with van der Waals surface area (Å²) in [4.78, 5) is 9.28. The number of sulfonamides is 1. The number of nitrogens with zero attached hydrogens (tertiary/aromatic N) is 4. The number of aromatic nitrogens is 3. The zero-order valence-electron chi connectivity index (χ0n) is 14.0. The fourth-order valence-corrected chi connectivity index (χ4v) is 5.62. The van der Waals surface area contributed by atoms with Crippen LogP contribution >= 0.6 is 11.3 Å². The van der Waals surface area contributed by atoms with Gasteiger partial charge in [0.1, 0.15) is 11.3 Å². The Kier molecular flexibility index (Phi) is 4.35. The molecule has 0 amide bonds. The van der Waals surface area contributed by atoms with E-state index in [-0.39, 0.29) is 11.8 Å². The maximum Gasteiger partial charge on any atom is 0.214 e. The summed E-state index contributed by atoms with van der Waals surface area (Å²) in [5.74, 6) is 1.08. The molecule has 3 aromatic rings. The molecular weight excluding hydrogens is 356 g/mol. The van der Waals surface area contributed by atoms with Crippen molar-refractivity contribution in [3.63, 3.8) is 0 Å². The van der Waals surface area contributed by atoms with Crippen molar-refractivity contribution in [2.75, 3.05) is 18.8 Å². The van der Waals surface area contributed by atoms with Gasteiger partial charge < -0.3 is 4.57 Å². The van der Waals surface area contributed by atoms with Crippen LogP contribution in [0, 0.1) is 0 Å². The van der Waals surface area contributed by atoms with Gasteiger partial charge in [0.15, 0.2) is 5.65 Å². The van der Waals surface area contributed by atoms with Crippen LogP contribution in [0.25, 0.3) is 22.6 Å². The SMILES string of the molecule is CCCS(=O)(=O)N1CC[C@@H](n2c(-c3ccsc3)nc3cccnc32)C1. The molecule has 0 aliphatic carbocycles. The quantitative estimate of drug-likeness (QED) is 0.686. The third-order valence-electron chi connectivity index (χ3n) is 4.57. The Balaban J connectivity index is 1.76. The molecule has 0 radical (unpaired) electrons. The summed E-state index contributed by atoms with van der Waals surface area (Å²) in [6.45, 7) is 2.94. The first-order valence-corrected chi connectivity index (χ1v) is 11.0. The fraction of sp³-hybridized carbons (Fsp3) is 0.412. The molecule has 132 valence electrons. The molecule has 1 saturated heterocycles. The second kappa shape index (κ2) is 6.51. The highest BCUT2D eigenvalue weighted by Crippen LogP contribution is 2.33. The topological polar surface area (TPSA) is 68.1 Å². The van der Waals surface area contributed by atoms with Gasteiger partial charge in [-0.05, 0) is 36.4 Å². The maximum absolute atomic E-state index is 12.4. The summed E-state index contributed by atoms with van der Waals surface area (Å²) in [5.41, 5.74) is 2.72. The Bertz CT molecular complexity index is 979. The third-order valence-corrected chi connectivity index (χ3v) is 7.30. The first-order valence-electron chi connectivity index (χ1n) is 8.43. The van der Waals surface area contributed by atoms with Crippen LogP contribution in [0.4, 0.5) is 0 Å². The molecule has 3 aromatic heterocycles. The molecule has 6 nitrogen and oxygen atoms in total. The number of imidazole rings is 1. The van der Waals surface area contributed by atoms with Crippen LogP contribution in [0.1, 0.15) is 25.8 Å². The van der Waals surface area contributed by atoms with E-state index in [1.54, 1.807) is 21.8 Å². The summed E-state index contributed by atoms with van der Waals surface area (Å²) in [5, 5.41) is 4.09. The van der Waals surface area contributed by atoms with Crippen LogP contribution in [0.2, 0.25) is 0 Å². The van der Waals surface area contributed by atoms with E-state index in [0.29, 0.717) is 19.5 Å². The zero-order chi connectivity index (χ0) is 17.4. The molecule has 0 spiro atoms. The molecule has 25 heavy (non-hydrogen) atoms. The van der Waals surface area contributed by atoms with Crippen molar-refractivity contribution in [1.82, 2.24) is 18.8 Å². The lowest BCUT2D eigenvalue weighted by molar-refractivity contribution is 0.455. The van der Waals surface area contributed by atoms with Crippen molar-refractivity contribution >= 4 is 32.5 Å². The van der Waals surface area contributed by atoms with E-state index in [9.17, 15) is 8.42 Å². The van der Waals surface area contributed by atoms with E-state index >= 15 is 0 Å². The summed E-state index contributed by atoms with van der Waals surface area (Å²) in [7, 11) is -3.17. The van der Waals surface area contributed by atoms with Crippen LogP contribution < -0.4 is 0 Å². The molecule has 1 aliphatic rings. The molecular formula is C17H20N4O2S2. The Morgan fingerprint density at radius 3 is 3.00 bits per heavy atom. The zero-order valence-corrected chi connectivity index (χ0v) is 15.6. The van der Waals surface area contributed by atoms with Gasteiger partial charge in [-0.25, -0.2) is 18.4 Å². The molecule has 0 N–H and O–H groups in total. The van der Waals surface area contributed by atoms with E-state index in [0.717, 1.165) is 29.0 Å². The van der Waals surface area contributed by atoms with Gasteiger partial charge in [-0.2, -0.15) is 15.6 Å². The lowest BCUT2D eigenvalue weighted by Gasteiger charge is -2.18. The van der Waals surface area contributed by atoms with Gasteiger partial charge in [-0.15, -0.1) is 0 Å². The molecule has 1 atom stereocenters. The number of hydrogen-bond donors (Lipinski definition) is 0. The molecule has 0 aromatic carbocycles. The van der Waals surface area contributed by atoms with Crippen molar-refractivity contribution < 1.29 is 8.42 Å². The van der Waals surface area contributed by atoms with Crippen molar-refractivity contribution in [3.05, 3.63) is 35.2 Å². The van der Waals surface area contributed by atoms with Crippen molar-refractivity contribution in [1.29, 1.82) is 0 Å².